The highest BCUT2D eigenvalue weighted by molar-refractivity contribution is 4.95. The first-order valence-electron chi connectivity index (χ1n) is 6.30. The zero-order valence-electron chi connectivity index (χ0n) is 9.65. The van der Waals surface area contributed by atoms with Crippen LogP contribution in [0.3, 0.4) is 0 Å². The third-order valence-electron chi connectivity index (χ3n) is 3.73. The smallest absolute Gasteiger partial charge is 0.0988 e. The third kappa shape index (κ3) is 2.71. The van der Waals surface area contributed by atoms with Crippen LogP contribution in [0.2, 0.25) is 0 Å². The maximum Gasteiger partial charge on any atom is 0.0988 e. The highest BCUT2D eigenvalue weighted by atomic mass is 16.5. The first-order chi connectivity index (χ1) is 7.31. The molecule has 2 saturated carbocycles. The van der Waals surface area contributed by atoms with Gasteiger partial charge in [0.1, 0.15) is 0 Å². The number of hydrogen-bond donors (Lipinski definition) is 1. The summed E-state index contributed by atoms with van der Waals surface area (Å²) in [5, 5.41) is 0. The van der Waals surface area contributed by atoms with Crippen molar-refractivity contribution in [1.29, 1.82) is 0 Å². The quantitative estimate of drug-likeness (QED) is 0.730. The number of ether oxygens (including phenoxy) is 2. The molecule has 0 aromatic rings. The van der Waals surface area contributed by atoms with Crippen LogP contribution >= 0.6 is 0 Å². The van der Waals surface area contributed by atoms with E-state index in [0.29, 0.717) is 0 Å². The fraction of sp³-hybridized carbons (Fsp3) is 1.00. The van der Waals surface area contributed by atoms with Gasteiger partial charge in [-0.2, -0.15) is 0 Å². The van der Waals surface area contributed by atoms with E-state index in [4.69, 9.17) is 15.2 Å². The molecule has 0 heterocycles. The average Bonchev–Trinajstić information content (AvgIpc) is 2.16. The van der Waals surface area contributed by atoms with Crippen LogP contribution in [-0.2, 0) is 9.47 Å². The van der Waals surface area contributed by atoms with Crippen LogP contribution < -0.4 is 5.73 Å². The molecular formula is C12H23NO2. The van der Waals surface area contributed by atoms with Gasteiger partial charge >= 0.3 is 0 Å². The summed E-state index contributed by atoms with van der Waals surface area (Å²) in [6, 6.07) is 0.193. The van der Waals surface area contributed by atoms with Crippen LogP contribution in [0.25, 0.3) is 0 Å². The summed E-state index contributed by atoms with van der Waals surface area (Å²) < 4.78 is 11.4. The Morgan fingerprint density at radius 1 is 1.27 bits per heavy atom. The SMILES string of the molecule is CCOC1C(N)CC1OCCC1CCC1. The molecule has 2 fully saturated rings. The van der Waals surface area contributed by atoms with Crippen LogP contribution in [-0.4, -0.2) is 31.5 Å². The normalized spacial score (nSPS) is 36.0. The van der Waals surface area contributed by atoms with E-state index in [0.717, 1.165) is 25.6 Å². The molecule has 3 nitrogen and oxygen atoms in total. The van der Waals surface area contributed by atoms with Crippen molar-refractivity contribution in [2.24, 2.45) is 11.7 Å². The van der Waals surface area contributed by atoms with Gasteiger partial charge in [0.2, 0.25) is 0 Å². The fourth-order valence-corrected chi connectivity index (χ4v) is 2.37. The van der Waals surface area contributed by atoms with Gasteiger partial charge in [-0.1, -0.05) is 19.3 Å². The molecule has 0 bridgehead atoms. The van der Waals surface area contributed by atoms with Gasteiger partial charge < -0.3 is 15.2 Å². The summed E-state index contributed by atoms with van der Waals surface area (Å²) in [5.41, 5.74) is 5.86. The second-order valence-electron chi connectivity index (χ2n) is 4.81. The lowest BCUT2D eigenvalue weighted by atomic mass is 9.83. The molecular weight excluding hydrogens is 190 g/mol. The van der Waals surface area contributed by atoms with Crippen LogP contribution in [0, 0.1) is 5.92 Å². The highest BCUT2D eigenvalue weighted by Gasteiger charge is 2.40. The lowest BCUT2D eigenvalue weighted by molar-refractivity contribution is -0.139. The van der Waals surface area contributed by atoms with Gasteiger partial charge in [0.05, 0.1) is 12.2 Å². The minimum atomic E-state index is 0.149. The summed E-state index contributed by atoms with van der Waals surface area (Å²) in [4.78, 5) is 0. The van der Waals surface area contributed by atoms with Gasteiger partial charge in [0, 0.05) is 19.3 Å². The number of rotatable bonds is 6. The zero-order valence-corrected chi connectivity index (χ0v) is 9.65. The molecule has 88 valence electrons. The molecule has 3 atom stereocenters. The molecule has 0 saturated heterocycles. The second-order valence-corrected chi connectivity index (χ2v) is 4.81. The minimum Gasteiger partial charge on any atom is -0.375 e. The Morgan fingerprint density at radius 2 is 2.07 bits per heavy atom. The molecule has 2 rings (SSSR count). The zero-order chi connectivity index (χ0) is 10.7. The Kier molecular flexibility index (Phi) is 4.00. The predicted octanol–water partition coefficient (Wildman–Crippen LogP) is 1.70. The number of nitrogens with two attached hydrogens (primary N) is 1. The van der Waals surface area contributed by atoms with E-state index in [1.165, 1.54) is 25.7 Å². The lowest BCUT2D eigenvalue weighted by Crippen LogP contribution is -2.58. The molecule has 2 aliphatic carbocycles. The average molecular weight is 213 g/mol. The second kappa shape index (κ2) is 5.28. The molecule has 0 aromatic heterocycles. The van der Waals surface area contributed by atoms with Crippen molar-refractivity contribution in [3.8, 4) is 0 Å². The fourth-order valence-electron chi connectivity index (χ4n) is 2.37. The van der Waals surface area contributed by atoms with Crippen molar-refractivity contribution in [1.82, 2.24) is 0 Å². The topological polar surface area (TPSA) is 44.5 Å². The van der Waals surface area contributed by atoms with Gasteiger partial charge in [0.15, 0.2) is 0 Å². The van der Waals surface area contributed by atoms with E-state index < -0.39 is 0 Å². The van der Waals surface area contributed by atoms with Gasteiger partial charge in [-0.05, 0) is 25.7 Å². The molecule has 3 heteroatoms. The summed E-state index contributed by atoms with van der Waals surface area (Å²) in [6.45, 7) is 3.64. The van der Waals surface area contributed by atoms with Crippen molar-refractivity contribution < 1.29 is 9.47 Å². The largest absolute Gasteiger partial charge is 0.375 e. The lowest BCUT2D eigenvalue weighted by Gasteiger charge is -2.42. The summed E-state index contributed by atoms with van der Waals surface area (Å²) in [5.74, 6) is 0.935. The predicted molar refractivity (Wildman–Crippen MR) is 59.7 cm³/mol. The van der Waals surface area contributed by atoms with Crippen molar-refractivity contribution in [2.45, 2.75) is 57.3 Å². The van der Waals surface area contributed by atoms with E-state index in [9.17, 15) is 0 Å². The molecule has 0 spiro atoms. The molecule has 0 amide bonds. The van der Waals surface area contributed by atoms with E-state index >= 15 is 0 Å². The van der Waals surface area contributed by atoms with Crippen LogP contribution in [0.15, 0.2) is 0 Å². The van der Waals surface area contributed by atoms with E-state index in [-0.39, 0.29) is 18.2 Å². The van der Waals surface area contributed by atoms with Crippen molar-refractivity contribution in [2.75, 3.05) is 13.2 Å². The maximum atomic E-state index is 5.86. The first kappa shape index (κ1) is 11.4. The standard InChI is InChI=1S/C12H23NO2/c1-2-14-12-10(13)8-11(12)15-7-6-9-4-3-5-9/h9-12H,2-8,13H2,1H3. The Bertz CT molecular complexity index is 194. The molecule has 0 radical (unpaired) electrons. The van der Waals surface area contributed by atoms with E-state index in [1.807, 2.05) is 6.92 Å². The molecule has 2 N–H and O–H groups in total. The Morgan fingerprint density at radius 3 is 2.60 bits per heavy atom. The Hall–Kier alpha value is -0.120. The molecule has 0 aromatic carbocycles. The van der Waals surface area contributed by atoms with Crippen molar-refractivity contribution in [3.63, 3.8) is 0 Å². The van der Waals surface area contributed by atoms with Crippen LogP contribution in [0.1, 0.15) is 39.0 Å². The van der Waals surface area contributed by atoms with Crippen molar-refractivity contribution >= 4 is 0 Å². The Labute approximate surface area is 92.3 Å². The van der Waals surface area contributed by atoms with Crippen LogP contribution in [0.5, 0.6) is 0 Å². The van der Waals surface area contributed by atoms with Crippen molar-refractivity contribution in [3.05, 3.63) is 0 Å². The summed E-state index contributed by atoms with van der Waals surface area (Å²) in [6.07, 6.45) is 6.84. The van der Waals surface area contributed by atoms with Gasteiger partial charge in [0.25, 0.3) is 0 Å². The monoisotopic (exact) mass is 213 g/mol. The maximum absolute atomic E-state index is 5.86. The number of hydrogen-bond acceptors (Lipinski definition) is 3. The molecule has 2 aliphatic rings. The van der Waals surface area contributed by atoms with Gasteiger partial charge in [-0.25, -0.2) is 0 Å². The summed E-state index contributed by atoms with van der Waals surface area (Å²) >= 11 is 0. The summed E-state index contributed by atoms with van der Waals surface area (Å²) in [7, 11) is 0. The van der Waals surface area contributed by atoms with Gasteiger partial charge in [-0.3, -0.25) is 0 Å². The minimum absolute atomic E-state index is 0.149. The van der Waals surface area contributed by atoms with Gasteiger partial charge in [-0.15, -0.1) is 0 Å². The Balaban J connectivity index is 1.58. The first-order valence-corrected chi connectivity index (χ1v) is 6.30. The van der Waals surface area contributed by atoms with Crippen LogP contribution in [0.4, 0.5) is 0 Å². The highest BCUT2D eigenvalue weighted by Crippen LogP contribution is 2.31. The molecule has 0 aliphatic heterocycles. The van der Waals surface area contributed by atoms with E-state index in [1.54, 1.807) is 0 Å². The van der Waals surface area contributed by atoms with E-state index in [2.05, 4.69) is 0 Å². The molecule has 15 heavy (non-hydrogen) atoms. The molecule has 3 unspecified atom stereocenters. The third-order valence-corrected chi connectivity index (χ3v) is 3.73.